The van der Waals surface area contributed by atoms with Gasteiger partial charge >= 0.3 is 11.8 Å². The first kappa shape index (κ1) is 10.7. The van der Waals surface area contributed by atoms with Crippen LogP contribution < -0.4 is 0 Å². The van der Waals surface area contributed by atoms with Crippen molar-refractivity contribution in [2.75, 3.05) is 0 Å². The average molecular weight is 235 g/mol. The molecule has 0 aliphatic rings. The number of imidazole rings is 1. The molecular weight excluding hydrogens is 230 g/mol. The van der Waals surface area contributed by atoms with E-state index in [-0.39, 0.29) is 17.5 Å². The van der Waals surface area contributed by atoms with E-state index in [1.54, 1.807) is 0 Å². The molecule has 17 heavy (non-hydrogen) atoms. The van der Waals surface area contributed by atoms with Gasteiger partial charge in [0.1, 0.15) is 6.20 Å². The maximum absolute atomic E-state index is 10.7. The molecule has 86 valence electrons. The Morgan fingerprint density at radius 1 is 1.47 bits per heavy atom. The lowest BCUT2D eigenvalue weighted by Gasteiger charge is -1.98. The van der Waals surface area contributed by atoms with Gasteiger partial charge in [-0.15, -0.1) is 0 Å². The molecule has 0 fully saturated rings. The third-order valence-electron chi connectivity index (χ3n) is 1.85. The second-order valence-corrected chi connectivity index (χ2v) is 2.94. The number of aromatic nitrogens is 4. The Balaban J connectivity index is 2.42. The van der Waals surface area contributed by atoms with E-state index in [0.717, 1.165) is 12.5 Å². The summed E-state index contributed by atoms with van der Waals surface area (Å²) < 4.78 is 1.17. The van der Waals surface area contributed by atoms with Crippen LogP contribution in [-0.2, 0) is 0 Å². The molecule has 0 amide bonds. The fourth-order valence-corrected chi connectivity index (χ4v) is 1.11. The van der Waals surface area contributed by atoms with Crippen LogP contribution in [0.5, 0.6) is 0 Å². The van der Waals surface area contributed by atoms with E-state index in [9.17, 15) is 14.9 Å². The first-order chi connectivity index (χ1) is 8.08. The van der Waals surface area contributed by atoms with E-state index in [2.05, 4.69) is 15.0 Å². The van der Waals surface area contributed by atoms with Crippen molar-refractivity contribution >= 4 is 11.8 Å². The third kappa shape index (κ3) is 2.07. The smallest absolute Gasteiger partial charge is 0.382 e. The largest absolute Gasteiger partial charge is 0.477 e. The second kappa shape index (κ2) is 3.96. The fraction of sp³-hybridized carbons (Fsp3) is 0. The zero-order valence-corrected chi connectivity index (χ0v) is 8.22. The summed E-state index contributed by atoms with van der Waals surface area (Å²) in [6.45, 7) is 0. The van der Waals surface area contributed by atoms with Gasteiger partial charge in [-0.25, -0.2) is 19.3 Å². The Hall–Kier alpha value is -2.84. The van der Waals surface area contributed by atoms with Crippen molar-refractivity contribution in [2.24, 2.45) is 0 Å². The van der Waals surface area contributed by atoms with Crippen LogP contribution in [-0.4, -0.2) is 35.5 Å². The molecular formula is C8H5N5O4. The Morgan fingerprint density at radius 2 is 2.24 bits per heavy atom. The molecule has 0 unspecified atom stereocenters. The predicted octanol–water partition coefficient (Wildman–Crippen LogP) is 0.269. The number of carboxylic acids is 1. The van der Waals surface area contributed by atoms with E-state index in [1.807, 2.05) is 0 Å². The second-order valence-electron chi connectivity index (χ2n) is 2.94. The molecule has 0 aliphatic carbocycles. The average Bonchev–Trinajstić information content (AvgIpc) is 2.78. The van der Waals surface area contributed by atoms with Crippen LogP contribution in [0.4, 0.5) is 5.82 Å². The summed E-state index contributed by atoms with van der Waals surface area (Å²) in [6.07, 6.45) is 3.48. The van der Waals surface area contributed by atoms with Gasteiger partial charge in [-0.2, -0.15) is 0 Å². The molecule has 0 saturated carbocycles. The first-order valence-corrected chi connectivity index (χ1v) is 4.33. The zero-order valence-electron chi connectivity index (χ0n) is 8.22. The quantitative estimate of drug-likeness (QED) is 0.597. The highest BCUT2D eigenvalue weighted by atomic mass is 16.6. The van der Waals surface area contributed by atoms with Gasteiger partial charge in [-0.1, -0.05) is 0 Å². The van der Waals surface area contributed by atoms with Crippen LogP contribution in [0, 0.1) is 10.1 Å². The van der Waals surface area contributed by atoms with Crippen molar-refractivity contribution in [3.05, 3.63) is 40.6 Å². The SMILES string of the molecule is O=C(O)c1ccnc(-n2cnc([N+](=O)[O-])c2)n1. The van der Waals surface area contributed by atoms with Gasteiger partial charge in [0.2, 0.25) is 12.3 Å². The molecule has 0 radical (unpaired) electrons. The highest BCUT2D eigenvalue weighted by Crippen LogP contribution is 2.09. The lowest BCUT2D eigenvalue weighted by Crippen LogP contribution is -2.05. The molecule has 0 aliphatic heterocycles. The Labute approximate surface area is 93.5 Å². The third-order valence-corrected chi connectivity index (χ3v) is 1.85. The van der Waals surface area contributed by atoms with Crippen LogP contribution in [0.2, 0.25) is 0 Å². The number of aromatic carboxylic acids is 1. The van der Waals surface area contributed by atoms with E-state index in [0.29, 0.717) is 0 Å². The molecule has 0 saturated heterocycles. The monoisotopic (exact) mass is 235 g/mol. The number of hydrogen-bond donors (Lipinski definition) is 1. The summed E-state index contributed by atoms with van der Waals surface area (Å²) in [7, 11) is 0. The minimum Gasteiger partial charge on any atom is -0.477 e. The number of carboxylic acid groups (broad SMARTS) is 1. The standard InChI is InChI=1S/C8H5N5O4/c14-7(15)5-1-2-9-8(11-5)12-3-6(10-4-12)13(16)17/h1-4H,(H,14,15). The summed E-state index contributed by atoms with van der Waals surface area (Å²) in [6, 6.07) is 1.22. The molecule has 0 aromatic carbocycles. The van der Waals surface area contributed by atoms with E-state index < -0.39 is 10.9 Å². The number of nitrogens with zero attached hydrogens (tertiary/aromatic N) is 5. The van der Waals surface area contributed by atoms with Crippen LogP contribution in [0.1, 0.15) is 10.5 Å². The molecule has 2 aromatic heterocycles. The van der Waals surface area contributed by atoms with Gasteiger partial charge in [0.25, 0.3) is 0 Å². The summed E-state index contributed by atoms with van der Waals surface area (Å²) in [5.41, 5.74) is -0.202. The lowest BCUT2D eigenvalue weighted by molar-refractivity contribution is -0.389. The minimum atomic E-state index is -1.21. The van der Waals surface area contributed by atoms with Gasteiger partial charge in [-0.05, 0) is 16.0 Å². The summed E-state index contributed by atoms with van der Waals surface area (Å²) >= 11 is 0. The van der Waals surface area contributed by atoms with E-state index in [1.165, 1.54) is 16.8 Å². The summed E-state index contributed by atoms with van der Waals surface area (Å²) in [4.78, 5) is 31.4. The van der Waals surface area contributed by atoms with Gasteiger partial charge in [0, 0.05) is 6.20 Å². The molecule has 0 atom stereocenters. The van der Waals surface area contributed by atoms with E-state index >= 15 is 0 Å². The van der Waals surface area contributed by atoms with Gasteiger partial charge in [0.05, 0.1) is 0 Å². The van der Waals surface area contributed by atoms with E-state index in [4.69, 9.17) is 5.11 Å². The highest BCUT2D eigenvalue weighted by Gasteiger charge is 2.13. The van der Waals surface area contributed by atoms with Crippen molar-refractivity contribution in [1.29, 1.82) is 0 Å². The first-order valence-electron chi connectivity index (χ1n) is 4.33. The topological polar surface area (TPSA) is 124 Å². The Kier molecular flexibility index (Phi) is 2.49. The van der Waals surface area contributed by atoms with Gasteiger partial charge in [-0.3, -0.25) is 0 Å². The van der Waals surface area contributed by atoms with Crippen LogP contribution in [0.3, 0.4) is 0 Å². The highest BCUT2D eigenvalue weighted by molar-refractivity contribution is 5.85. The van der Waals surface area contributed by atoms with Crippen molar-refractivity contribution < 1.29 is 14.8 Å². The van der Waals surface area contributed by atoms with Gasteiger partial charge in [0.15, 0.2) is 5.69 Å². The molecule has 9 nitrogen and oxygen atoms in total. The molecule has 1 N–H and O–H groups in total. The maximum atomic E-state index is 10.7. The number of nitro groups is 1. The Morgan fingerprint density at radius 3 is 2.82 bits per heavy atom. The minimum absolute atomic E-state index is 0.00509. The molecule has 0 spiro atoms. The van der Waals surface area contributed by atoms with Crippen molar-refractivity contribution in [3.8, 4) is 5.95 Å². The van der Waals surface area contributed by atoms with Crippen molar-refractivity contribution in [1.82, 2.24) is 19.5 Å². The fourth-order valence-electron chi connectivity index (χ4n) is 1.11. The molecule has 0 bridgehead atoms. The van der Waals surface area contributed by atoms with Crippen LogP contribution in [0.15, 0.2) is 24.8 Å². The zero-order chi connectivity index (χ0) is 12.4. The normalized spacial score (nSPS) is 10.1. The Bertz CT molecular complexity index is 593. The maximum Gasteiger partial charge on any atom is 0.382 e. The number of rotatable bonds is 3. The lowest BCUT2D eigenvalue weighted by atomic mass is 10.4. The van der Waals surface area contributed by atoms with Gasteiger partial charge < -0.3 is 15.2 Å². The van der Waals surface area contributed by atoms with Crippen molar-refractivity contribution in [2.45, 2.75) is 0 Å². The predicted molar refractivity (Wildman–Crippen MR) is 52.8 cm³/mol. The number of carbonyl (C=O) groups is 1. The number of hydrogen-bond acceptors (Lipinski definition) is 6. The molecule has 2 heterocycles. The van der Waals surface area contributed by atoms with Crippen molar-refractivity contribution in [3.63, 3.8) is 0 Å². The summed E-state index contributed by atoms with van der Waals surface area (Å²) in [5.74, 6) is -1.57. The molecule has 9 heteroatoms. The van der Waals surface area contributed by atoms with Crippen LogP contribution >= 0.6 is 0 Å². The molecule has 2 aromatic rings. The van der Waals surface area contributed by atoms with Crippen LogP contribution in [0.25, 0.3) is 5.95 Å². The summed E-state index contributed by atoms with van der Waals surface area (Å²) in [5, 5.41) is 19.1. The molecule has 2 rings (SSSR count).